The van der Waals surface area contributed by atoms with Gasteiger partial charge in [0.2, 0.25) is 11.8 Å². The first-order valence-electron chi connectivity index (χ1n) is 20.3. The molecular weight excluding hydrogens is 640 g/mol. The van der Waals surface area contributed by atoms with E-state index in [1.807, 2.05) is 0 Å². The molecule has 8 nitrogen and oxygen atoms in total. The molecule has 0 aromatic heterocycles. The molecule has 5 rings (SSSR count). The highest BCUT2D eigenvalue weighted by atomic mass is 16.5. The van der Waals surface area contributed by atoms with Gasteiger partial charge in [0.25, 0.3) is 0 Å². The van der Waals surface area contributed by atoms with E-state index in [1.54, 1.807) is 26.3 Å². The number of fused-ring (bicyclic) bond motifs is 7. The van der Waals surface area contributed by atoms with Crippen molar-refractivity contribution in [1.29, 1.82) is 0 Å². The number of hydrogen-bond donors (Lipinski definition) is 3. The molecule has 3 N–H and O–H groups in total. The molecule has 5 aliphatic carbocycles. The largest absolute Gasteiger partial charge is 0.480 e. The summed E-state index contributed by atoms with van der Waals surface area (Å²) >= 11 is 0. The number of allylic oxidation sites excluding steroid dienone is 2. The van der Waals surface area contributed by atoms with Gasteiger partial charge in [0.1, 0.15) is 12.1 Å². The molecular formula is C43H70N2O6. The third-order valence-corrected chi connectivity index (χ3v) is 16.0. The van der Waals surface area contributed by atoms with Gasteiger partial charge in [-0.25, -0.2) is 4.79 Å². The number of ether oxygens (including phenoxy) is 1. The molecule has 0 bridgehead atoms. The van der Waals surface area contributed by atoms with E-state index in [0.717, 1.165) is 70.6 Å². The lowest BCUT2D eigenvalue weighted by molar-refractivity contribution is -0.212. The Hall–Kier alpha value is -2.38. The molecule has 0 unspecified atom stereocenters. The van der Waals surface area contributed by atoms with Crippen molar-refractivity contribution in [3.63, 3.8) is 0 Å². The number of amides is 2. The summed E-state index contributed by atoms with van der Waals surface area (Å²) < 4.78 is 5.94. The molecule has 0 aromatic rings. The van der Waals surface area contributed by atoms with Crippen molar-refractivity contribution >= 4 is 23.8 Å². The highest BCUT2D eigenvalue weighted by Gasteiger charge is 2.69. The van der Waals surface area contributed by atoms with Crippen molar-refractivity contribution in [3.05, 3.63) is 11.6 Å². The van der Waals surface area contributed by atoms with Crippen LogP contribution < -0.4 is 10.6 Å². The summed E-state index contributed by atoms with van der Waals surface area (Å²) in [5, 5.41) is 15.4. The van der Waals surface area contributed by atoms with Crippen molar-refractivity contribution in [3.8, 4) is 0 Å². The number of hydrogen-bond acceptors (Lipinski definition) is 5. The van der Waals surface area contributed by atoms with Crippen LogP contribution in [0.1, 0.15) is 159 Å². The molecule has 4 saturated carbocycles. The zero-order valence-corrected chi connectivity index (χ0v) is 33.6. The summed E-state index contributed by atoms with van der Waals surface area (Å²) in [5.41, 5.74) is 1.66. The molecule has 0 aliphatic heterocycles. The van der Waals surface area contributed by atoms with Crippen LogP contribution in [0.3, 0.4) is 0 Å². The van der Waals surface area contributed by atoms with E-state index in [9.17, 15) is 24.3 Å². The summed E-state index contributed by atoms with van der Waals surface area (Å²) in [6.07, 6.45) is 15.6. The van der Waals surface area contributed by atoms with E-state index in [2.05, 4.69) is 65.2 Å². The van der Waals surface area contributed by atoms with Crippen molar-refractivity contribution in [2.75, 3.05) is 6.54 Å². The molecule has 4 fully saturated rings. The molecule has 0 spiro atoms. The first-order valence-corrected chi connectivity index (χ1v) is 20.3. The van der Waals surface area contributed by atoms with Gasteiger partial charge < -0.3 is 20.5 Å². The molecule has 2 amide bonds. The summed E-state index contributed by atoms with van der Waals surface area (Å²) in [6, 6.07) is -0.867. The van der Waals surface area contributed by atoms with Crippen molar-refractivity contribution in [1.82, 2.24) is 10.6 Å². The van der Waals surface area contributed by atoms with Crippen LogP contribution in [0.4, 0.5) is 0 Å². The predicted molar refractivity (Wildman–Crippen MR) is 200 cm³/mol. The fourth-order valence-electron chi connectivity index (χ4n) is 12.8. The van der Waals surface area contributed by atoms with Crippen LogP contribution in [-0.4, -0.2) is 47.6 Å². The molecule has 0 saturated heterocycles. The smallest absolute Gasteiger partial charge is 0.326 e. The van der Waals surface area contributed by atoms with Crippen molar-refractivity contribution in [2.45, 2.75) is 171 Å². The van der Waals surface area contributed by atoms with E-state index in [4.69, 9.17) is 4.74 Å². The van der Waals surface area contributed by atoms with E-state index >= 15 is 0 Å². The van der Waals surface area contributed by atoms with Crippen LogP contribution in [-0.2, 0) is 23.9 Å². The molecule has 5 aliphatic rings. The fourth-order valence-corrected chi connectivity index (χ4v) is 12.8. The molecule has 288 valence electrons. The van der Waals surface area contributed by atoms with Gasteiger partial charge >= 0.3 is 11.9 Å². The number of carboxylic acid groups (broad SMARTS) is 1. The summed E-state index contributed by atoms with van der Waals surface area (Å²) in [4.78, 5) is 50.3. The summed E-state index contributed by atoms with van der Waals surface area (Å²) in [6.45, 7) is 22.9. The number of nitrogens with one attached hydrogen (secondary N) is 2. The Balaban J connectivity index is 1.29. The third kappa shape index (κ3) is 6.93. The van der Waals surface area contributed by atoms with Crippen LogP contribution in [0, 0.1) is 56.2 Å². The Labute approximate surface area is 308 Å². The number of aliphatic carboxylic acids is 1. The molecule has 9 atom stereocenters. The monoisotopic (exact) mass is 711 g/mol. The van der Waals surface area contributed by atoms with Gasteiger partial charge in [0.15, 0.2) is 0 Å². The standard InChI is InChI=1S/C43H70N2O6/c1-27(2)35(36(48)49)45-34(47)14-12-11-13-25-44-37(50)43-23-21-38(4,5)26-30(43)29-15-16-32-40(8)19-18-33(51-28(3)46)39(6,7)31(40)17-20-42(32,10)41(29,9)22-24-43/h15,27,30-33,35H,11-14,16-26H2,1-10H3,(H,44,50)(H,45,47)(H,48,49)/t30-,31-,32+,33-,35-,40-,41+,42+,43-/m0/s1. The lowest BCUT2D eigenvalue weighted by atomic mass is 9.33. The third-order valence-electron chi connectivity index (χ3n) is 16.0. The van der Waals surface area contributed by atoms with Gasteiger partial charge in [-0.2, -0.15) is 0 Å². The number of carbonyl (C=O) groups is 4. The van der Waals surface area contributed by atoms with E-state index in [1.165, 1.54) is 6.42 Å². The Morgan fingerprint density at radius 3 is 2.22 bits per heavy atom. The minimum atomic E-state index is -1.00. The van der Waals surface area contributed by atoms with Gasteiger partial charge in [0, 0.05) is 25.3 Å². The molecule has 51 heavy (non-hydrogen) atoms. The Bertz CT molecular complexity index is 1400. The first-order chi connectivity index (χ1) is 23.6. The number of esters is 1. The molecule has 0 heterocycles. The average Bonchev–Trinajstić information content (AvgIpc) is 3.02. The number of unbranched alkanes of at least 4 members (excludes halogenated alkanes) is 2. The van der Waals surface area contributed by atoms with Gasteiger partial charge in [-0.05, 0) is 122 Å². The Kier molecular flexibility index (Phi) is 11.0. The van der Waals surface area contributed by atoms with Gasteiger partial charge in [-0.1, -0.05) is 80.4 Å². The van der Waals surface area contributed by atoms with E-state index in [0.29, 0.717) is 31.2 Å². The van der Waals surface area contributed by atoms with Gasteiger partial charge in [-0.15, -0.1) is 0 Å². The minimum Gasteiger partial charge on any atom is -0.480 e. The maximum absolute atomic E-state index is 14.4. The molecule has 0 radical (unpaired) electrons. The van der Waals surface area contributed by atoms with E-state index in [-0.39, 0.29) is 68.2 Å². The number of carboxylic acids is 1. The summed E-state index contributed by atoms with van der Waals surface area (Å²) in [5.74, 6) is -0.0601. The van der Waals surface area contributed by atoms with Crippen LogP contribution >= 0.6 is 0 Å². The zero-order chi connectivity index (χ0) is 37.8. The van der Waals surface area contributed by atoms with Crippen LogP contribution in [0.25, 0.3) is 0 Å². The highest BCUT2D eigenvalue weighted by molar-refractivity contribution is 5.84. The minimum absolute atomic E-state index is 0.0261. The van der Waals surface area contributed by atoms with Crippen LogP contribution in [0.15, 0.2) is 11.6 Å². The highest BCUT2D eigenvalue weighted by Crippen LogP contribution is 2.75. The van der Waals surface area contributed by atoms with E-state index < -0.39 is 12.0 Å². The molecule has 0 aromatic carbocycles. The normalized spacial score (nSPS) is 38.5. The average molecular weight is 711 g/mol. The second-order valence-electron chi connectivity index (χ2n) is 20.0. The summed E-state index contributed by atoms with van der Waals surface area (Å²) in [7, 11) is 0. The first kappa shape index (κ1) is 39.8. The Morgan fingerprint density at radius 1 is 0.882 bits per heavy atom. The van der Waals surface area contributed by atoms with Gasteiger partial charge in [0.05, 0.1) is 5.41 Å². The van der Waals surface area contributed by atoms with Crippen molar-refractivity contribution in [2.24, 2.45) is 56.2 Å². The fraction of sp³-hybridized carbons (Fsp3) is 0.860. The zero-order valence-electron chi connectivity index (χ0n) is 33.6. The SMILES string of the molecule is CC(=O)O[C@H]1CC[C@]2(C)[C@H]3CC=C4[C@@H]5CC(C)(C)CC[C@]5(C(=O)NCCCCCC(=O)N[C@H](C(=O)O)C(C)C)CC[C@@]4(C)[C@]3(C)CC[C@H]2C1(C)C. The van der Waals surface area contributed by atoms with Crippen LogP contribution in [0.2, 0.25) is 0 Å². The van der Waals surface area contributed by atoms with Crippen LogP contribution in [0.5, 0.6) is 0 Å². The second kappa shape index (κ2) is 14.1. The predicted octanol–water partition coefficient (Wildman–Crippen LogP) is 8.62. The lowest BCUT2D eigenvalue weighted by Gasteiger charge is -2.71. The maximum Gasteiger partial charge on any atom is 0.326 e. The molecule has 8 heteroatoms. The number of carbonyl (C=O) groups excluding carboxylic acids is 3. The topological polar surface area (TPSA) is 122 Å². The van der Waals surface area contributed by atoms with Gasteiger partial charge in [-0.3, -0.25) is 14.4 Å². The quantitative estimate of drug-likeness (QED) is 0.112. The maximum atomic E-state index is 14.4. The van der Waals surface area contributed by atoms with Crippen molar-refractivity contribution < 1.29 is 29.0 Å². The lowest BCUT2D eigenvalue weighted by Crippen LogP contribution is -2.65. The second-order valence-corrected chi connectivity index (χ2v) is 20.0. The Morgan fingerprint density at radius 2 is 1.57 bits per heavy atom. The number of rotatable bonds is 11.